The number of rotatable bonds is 3. The molecule has 1 aromatic carbocycles. The van der Waals surface area contributed by atoms with E-state index in [2.05, 4.69) is 15.9 Å². The molecule has 0 aliphatic heterocycles. The molecule has 1 rings (SSSR count). The monoisotopic (exact) mass is 242 g/mol. The minimum absolute atomic E-state index is 0.164. The lowest BCUT2D eigenvalue weighted by Crippen LogP contribution is -2.01. The predicted molar refractivity (Wildman–Crippen MR) is 54.2 cm³/mol. The number of benzene rings is 1. The number of halogens is 1. The first-order chi connectivity index (χ1) is 6.22. The Morgan fingerprint density at radius 2 is 2.00 bits per heavy atom. The number of carbonyl (C=O) groups is 1. The molecule has 0 heterocycles. The SMILES string of the molecule is CCC(=O)OCc1ccc(Br)cc1. The first kappa shape index (κ1) is 10.3. The first-order valence-electron chi connectivity index (χ1n) is 4.12. The van der Waals surface area contributed by atoms with Gasteiger partial charge in [-0.2, -0.15) is 0 Å². The molecule has 0 saturated heterocycles. The molecule has 3 heteroatoms. The minimum atomic E-state index is -0.164. The van der Waals surface area contributed by atoms with Crippen molar-refractivity contribution in [1.29, 1.82) is 0 Å². The molecule has 0 aliphatic carbocycles. The van der Waals surface area contributed by atoms with Crippen LogP contribution in [0.1, 0.15) is 18.9 Å². The third kappa shape index (κ3) is 3.59. The van der Waals surface area contributed by atoms with Crippen LogP contribution in [0.5, 0.6) is 0 Å². The summed E-state index contributed by atoms with van der Waals surface area (Å²) in [5.41, 5.74) is 1.00. The molecule has 0 aliphatic rings. The van der Waals surface area contributed by atoms with Crippen LogP contribution < -0.4 is 0 Å². The molecule has 0 bridgehead atoms. The maximum Gasteiger partial charge on any atom is 0.305 e. The number of hydrogen-bond donors (Lipinski definition) is 0. The molecule has 1 aromatic rings. The summed E-state index contributed by atoms with van der Waals surface area (Å²) in [5, 5.41) is 0. The minimum Gasteiger partial charge on any atom is -0.461 e. The van der Waals surface area contributed by atoms with Gasteiger partial charge in [0.15, 0.2) is 0 Å². The molecule has 0 N–H and O–H groups in total. The van der Waals surface area contributed by atoms with Gasteiger partial charge in [0.25, 0.3) is 0 Å². The maximum atomic E-state index is 10.8. The zero-order valence-electron chi connectivity index (χ0n) is 7.42. The molecule has 0 saturated carbocycles. The van der Waals surface area contributed by atoms with Gasteiger partial charge in [-0.1, -0.05) is 35.0 Å². The van der Waals surface area contributed by atoms with Crippen LogP contribution in [0.4, 0.5) is 0 Å². The van der Waals surface area contributed by atoms with E-state index in [4.69, 9.17) is 4.74 Å². The van der Waals surface area contributed by atoms with Crippen molar-refractivity contribution >= 4 is 21.9 Å². The molecule has 0 atom stereocenters. The van der Waals surface area contributed by atoms with E-state index in [-0.39, 0.29) is 5.97 Å². The van der Waals surface area contributed by atoms with E-state index >= 15 is 0 Å². The maximum absolute atomic E-state index is 10.8. The number of carbonyl (C=O) groups excluding carboxylic acids is 1. The Kier molecular flexibility index (Phi) is 3.96. The third-order valence-electron chi connectivity index (χ3n) is 1.60. The topological polar surface area (TPSA) is 26.3 Å². The molecule has 0 amide bonds. The highest BCUT2D eigenvalue weighted by Crippen LogP contribution is 2.11. The van der Waals surface area contributed by atoms with Crippen LogP contribution in [0.25, 0.3) is 0 Å². The molecule has 0 spiro atoms. The normalized spacial score (nSPS) is 9.69. The lowest BCUT2D eigenvalue weighted by molar-refractivity contribution is -0.144. The summed E-state index contributed by atoms with van der Waals surface area (Å²) in [6, 6.07) is 7.70. The van der Waals surface area contributed by atoms with Crippen molar-refractivity contribution in [3.05, 3.63) is 34.3 Å². The van der Waals surface area contributed by atoms with Crippen molar-refractivity contribution in [3.63, 3.8) is 0 Å². The molecular formula is C10H11BrO2. The second-order valence-electron chi connectivity index (χ2n) is 2.64. The van der Waals surface area contributed by atoms with Crippen LogP contribution in [-0.4, -0.2) is 5.97 Å². The predicted octanol–water partition coefficient (Wildman–Crippen LogP) is 2.90. The zero-order valence-corrected chi connectivity index (χ0v) is 9.00. The van der Waals surface area contributed by atoms with E-state index in [1.54, 1.807) is 6.92 Å². The lowest BCUT2D eigenvalue weighted by atomic mass is 10.2. The second-order valence-corrected chi connectivity index (χ2v) is 3.56. The molecule has 0 aromatic heterocycles. The quantitative estimate of drug-likeness (QED) is 0.763. The van der Waals surface area contributed by atoms with Gasteiger partial charge in [-0.15, -0.1) is 0 Å². The fourth-order valence-electron chi connectivity index (χ4n) is 0.847. The average Bonchev–Trinajstić information content (AvgIpc) is 2.16. The lowest BCUT2D eigenvalue weighted by Gasteiger charge is -2.02. The highest BCUT2D eigenvalue weighted by Gasteiger charge is 1.98. The van der Waals surface area contributed by atoms with Crippen molar-refractivity contribution in [3.8, 4) is 0 Å². The summed E-state index contributed by atoms with van der Waals surface area (Å²) in [5.74, 6) is -0.164. The van der Waals surface area contributed by atoms with Crippen LogP contribution in [0.2, 0.25) is 0 Å². The van der Waals surface area contributed by atoms with Gasteiger partial charge in [0.2, 0.25) is 0 Å². The molecule has 0 fully saturated rings. The van der Waals surface area contributed by atoms with E-state index in [1.165, 1.54) is 0 Å². The average molecular weight is 243 g/mol. The van der Waals surface area contributed by atoms with E-state index in [0.717, 1.165) is 10.0 Å². The molecule has 0 radical (unpaired) electrons. The molecule has 13 heavy (non-hydrogen) atoms. The number of esters is 1. The molecular weight excluding hydrogens is 232 g/mol. The van der Waals surface area contributed by atoms with Crippen LogP contribution in [0.15, 0.2) is 28.7 Å². The Hall–Kier alpha value is -0.830. The van der Waals surface area contributed by atoms with Crippen LogP contribution in [0.3, 0.4) is 0 Å². The van der Waals surface area contributed by atoms with Crippen molar-refractivity contribution in [2.75, 3.05) is 0 Å². The van der Waals surface area contributed by atoms with Crippen molar-refractivity contribution < 1.29 is 9.53 Å². The van der Waals surface area contributed by atoms with Gasteiger partial charge in [0.05, 0.1) is 0 Å². The Bertz CT molecular complexity index is 279. The summed E-state index contributed by atoms with van der Waals surface area (Å²) < 4.78 is 5.99. The fourth-order valence-corrected chi connectivity index (χ4v) is 1.11. The Morgan fingerprint density at radius 3 is 2.54 bits per heavy atom. The van der Waals surface area contributed by atoms with E-state index < -0.39 is 0 Å². The molecule has 70 valence electrons. The van der Waals surface area contributed by atoms with Gasteiger partial charge in [-0.25, -0.2) is 0 Å². The molecule has 2 nitrogen and oxygen atoms in total. The van der Waals surface area contributed by atoms with Crippen molar-refractivity contribution in [2.24, 2.45) is 0 Å². The van der Waals surface area contributed by atoms with Crippen molar-refractivity contribution in [1.82, 2.24) is 0 Å². The van der Waals surface area contributed by atoms with Gasteiger partial charge in [-0.3, -0.25) is 4.79 Å². The van der Waals surface area contributed by atoms with Gasteiger partial charge >= 0.3 is 5.97 Å². The van der Waals surface area contributed by atoms with Crippen LogP contribution >= 0.6 is 15.9 Å². The van der Waals surface area contributed by atoms with Gasteiger partial charge in [0, 0.05) is 10.9 Å². The summed E-state index contributed by atoms with van der Waals surface area (Å²) in [6.45, 7) is 2.14. The summed E-state index contributed by atoms with van der Waals surface area (Å²) >= 11 is 3.33. The summed E-state index contributed by atoms with van der Waals surface area (Å²) in [6.07, 6.45) is 0.427. The van der Waals surface area contributed by atoms with Gasteiger partial charge in [0.1, 0.15) is 6.61 Å². The Morgan fingerprint density at radius 1 is 1.38 bits per heavy atom. The van der Waals surface area contributed by atoms with E-state index in [9.17, 15) is 4.79 Å². The fraction of sp³-hybridized carbons (Fsp3) is 0.300. The van der Waals surface area contributed by atoms with Crippen molar-refractivity contribution in [2.45, 2.75) is 20.0 Å². The zero-order chi connectivity index (χ0) is 9.68. The Balaban J connectivity index is 2.46. The summed E-state index contributed by atoms with van der Waals surface area (Å²) in [7, 11) is 0. The summed E-state index contributed by atoms with van der Waals surface area (Å²) in [4.78, 5) is 10.8. The largest absolute Gasteiger partial charge is 0.461 e. The molecule has 0 unspecified atom stereocenters. The smallest absolute Gasteiger partial charge is 0.305 e. The van der Waals surface area contributed by atoms with Crippen LogP contribution in [0, 0.1) is 0 Å². The highest BCUT2D eigenvalue weighted by atomic mass is 79.9. The first-order valence-corrected chi connectivity index (χ1v) is 4.91. The number of hydrogen-bond acceptors (Lipinski definition) is 2. The second kappa shape index (κ2) is 5.02. The third-order valence-corrected chi connectivity index (χ3v) is 2.13. The standard InChI is InChI=1S/C10H11BrO2/c1-2-10(12)13-7-8-3-5-9(11)6-4-8/h3-6H,2,7H2,1H3. The van der Waals surface area contributed by atoms with Gasteiger partial charge < -0.3 is 4.74 Å². The van der Waals surface area contributed by atoms with E-state index in [1.807, 2.05) is 24.3 Å². The Labute approximate surface area is 86.0 Å². The van der Waals surface area contributed by atoms with Crippen LogP contribution in [-0.2, 0) is 16.1 Å². The number of ether oxygens (including phenoxy) is 1. The van der Waals surface area contributed by atoms with E-state index in [0.29, 0.717) is 13.0 Å². The highest BCUT2D eigenvalue weighted by molar-refractivity contribution is 9.10. The van der Waals surface area contributed by atoms with Gasteiger partial charge in [-0.05, 0) is 17.7 Å².